The summed E-state index contributed by atoms with van der Waals surface area (Å²) in [5.74, 6) is 0.913. The van der Waals surface area contributed by atoms with E-state index < -0.39 is 0 Å². The first-order chi connectivity index (χ1) is 7.24. The second kappa shape index (κ2) is 5.31. The highest BCUT2D eigenvalue weighted by Gasteiger charge is 2.24. The molecule has 2 rings (SSSR count). The predicted octanol–water partition coefficient (Wildman–Crippen LogP) is 2.25. The Balaban J connectivity index is 1.77. The first kappa shape index (κ1) is 11.4. The Labute approximate surface area is 94.4 Å². The van der Waals surface area contributed by atoms with Gasteiger partial charge in [-0.25, -0.2) is 0 Å². The third-order valence-corrected chi connectivity index (χ3v) is 3.89. The molecule has 0 aromatic carbocycles. The van der Waals surface area contributed by atoms with Crippen molar-refractivity contribution in [3.63, 3.8) is 0 Å². The maximum Gasteiger partial charge on any atom is 0.0200 e. The quantitative estimate of drug-likeness (QED) is 0.752. The smallest absolute Gasteiger partial charge is 0.0200 e. The molecule has 0 spiro atoms. The van der Waals surface area contributed by atoms with Crippen molar-refractivity contribution in [1.82, 2.24) is 10.2 Å². The van der Waals surface area contributed by atoms with E-state index in [9.17, 15) is 0 Å². The predicted molar refractivity (Wildman–Crippen MR) is 65.1 cm³/mol. The number of hydrogen-bond acceptors (Lipinski definition) is 2. The molecule has 2 aliphatic heterocycles. The Hall–Kier alpha value is -0.0800. The Bertz CT molecular complexity index is 177. The number of nitrogens with one attached hydrogen (secondary N) is 1. The molecule has 0 radical (unpaired) electrons. The van der Waals surface area contributed by atoms with Crippen LogP contribution in [0.5, 0.6) is 0 Å². The first-order valence-electron chi connectivity index (χ1n) is 6.72. The minimum atomic E-state index is 0.726. The van der Waals surface area contributed by atoms with Gasteiger partial charge < -0.3 is 10.2 Å². The summed E-state index contributed by atoms with van der Waals surface area (Å²) in [6.07, 6.45) is 7.01. The normalized spacial score (nSPS) is 39.2. The minimum absolute atomic E-state index is 0.726. The molecule has 0 aliphatic carbocycles. The summed E-state index contributed by atoms with van der Waals surface area (Å²) in [6.45, 7) is 8.69. The van der Waals surface area contributed by atoms with E-state index >= 15 is 0 Å². The van der Waals surface area contributed by atoms with E-state index in [-0.39, 0.29) is 0 Å². The monoisotopic (exact) mass is 210 g/mol. The van der Waals surface area contributed by atoms with Gasteiger partial charge in [0.25, 0.3) is 0 Å². The topological polar surface area (TPSA) is 15.3 Å². The first-order valence-corrected chi connectivity index (χ1v) is 6.72. The molecule has 15 heavy (non-hydrogen) atoms. The zero-order chi connectivity index (χ0) is 10.7. The van der Waals surface area contributed by atoms with Crippen LogP contribution in [0.15, 0.2) is 0 Å². The van der Waals surface area contributed by atoms with Crippen LogP contribution in [-0.4, -0.2) is 36.6 Å². The zero-order valence-electron chi connectivity index (χ0n) is 10.3. The Kier molecular flexibility index (Phi) is 4.04. The fourth-order valence-corrected chi connectivity index (χ4v) is 3.30. The van der Waals surface area contributed by atoms with Crippen molar-refractivity contribution >= 4 is 0 Å². The molecule has 2 saturated heterocycles. The Morgan fingerprint density at radius 1 is 1.07 bits per heavy atom. The fraction of sp³-hybridized carbons (Fsp3) is 1.00. The molecule has 1 N–H and O–H groups in total. The molecule has 2 nitrogen and oxygen atoms in total. The highest BCUT2D eigenvalue weighted by Crippen LogP contribution is 2.20. The van der Waals surface area contributed by atoms with E-state index in [1.807, 2.05) is 0 Å². The van der Waals surface area contributed by atoms with Crippen LogP contribution in [0.3, 0.4) is 0 Å². The Morgan fingerprint density at radius 3 is 2.47 bits per heavy atom. The van der Waals surface area contributed by atoms with Crippen LogP contribution in [0.2, 0.25) is 0 Å². The van der Waals surface area contributed by atoms with Crippen molar-refractivity contribution < 1.29 is 0 Å². The summed E-state index contributed by atoms with van der Waals surface area (Å²) in [7, 11) is 0. The highest BCUT2D eigenvalue weighted by atomic mass is 15.2. The average molecular weight is 210 g/mol. The summed E-state index contributed by atoms with van der Waals surface area (Å²) >= 11 is 0. The van der Waals surface area contributed by atoms with Crippen LogP contribution in [0.25, 0.3) is 0 Å². The van der Waals surface area contributed by atoms with Gasteiger partial charge in [-0.15, -0.1) is 0 Å². The van der Waals surface area contributed by atoms with Gasteiger partial charge in [0.1, 0.15) is 0 Å². The van der Waals surface area contributed by atoms with Crippen LogP contribution in [0, 0.1) is 5.92 Å². The largest absolute Gasteiger partial charge is 0.310 e. The van der Waals surface area contributed by atoms with Gasteiger partial charge in [0, 0.05) is 18.6 Å². The van der Waals surface area contributed by atoms with Crippen molar-refractivity contribution in [3.05, 3.63) is 0 Å². The lowest BCUT2D eigenvalue weighted by molar-refractivity contribution is 0.166. The molecule has 2 fully saturated rings. The molecular formula is C13H26N2. The molecule has 0 saturated carbocycles. The van der Waals surface area contributed by atoms with E-state index in [4.69, 9.17) is 0 Å². The van der Waals surface area contributed by atoms with Crippen molar-refractivity contribution in [2.45, 2.75) is 58.0 Å². The fourth-order valence-electron chi connectivity index (χ4n) is 3.30. The molecule has 88 valence electrons. The molecular weight excluding hydrogens is 184 g/mol. The van der Waals surface area contributed by atoms with Crippen molar-refractivity contribution in [1.29, 1.82) is 0 Å². The molecule has 2 heterocycles. The summed E-state index contributed by atoms with van der Waals surface area (Å²) < 4.78 is 0. The van der Waals surface area contributed by atoms with E-state index in [1.54, 1.807) is 0 Å². The third kappa shape index (κ3) is 3.46. The van der Waals surface area contributed by atoms with Crippen LogP contribution < -0.4 is 5.32 Å². The van der Waals surface area contributed by atoms with Crippen molar-refractivity contribution in [2.75, 3.05) is 19.6 Å². The molecule has 3 atom stereocenters. The van der Waals surface area contributed by atoms with Gasteiger partial charge in [-0.2, -0.15) is 0 Å². The molecule has 3 unspecified atom stereocenters. The minimum Gasteiger partial charge on any atom is -0.310 e. The van der Waals surface area contributed by atoms with Crippen LogP contribution in [-0.2, 0) is 0 Å². The van der Waals surface area contributed by atoms with Gasteiger partial charge in [-0.3, -0.25) is 0 Å². The molecule has 2 aliphatic rings. The summed E-state index contributed by atoms with van der Waals surface area (Å²) in [4.78, 5) is 2.66. The standard InChI is InChI=1S/C13H26N2/c1-11-8-12(2)14-13(9-11)10-15-6-4-3-5-7-15/h11-14H,3-10H2,1-2H3. The van der Waals surface area contributed by atoms with Gasteiger partial charge in [0.2, 0.25) is 0 Å². The lowest BCUT2D eigenvalue weighted by atomic mass is 9.89. The van der Waals surface area contributed by atoms with E-state index in [2.05, 4.69) is 24.1 Å². The molecule has 0 amide bonds. The summed E-state index contributed by atoms with van der Waals surface area (Å²) in [6, 6.07) is 1.48. The maximum atomic E-state index is 3.75. The summed E-state index contributed by atoms with van der Waals surface area (Å²) in [5.41, 5.74) is 0. The SMILES string of the molecule is CC1CC(C)NC(CN2CCCCC2)C1. The van der Waals surface area contributed by atoms with Crippen LogP contribution >= 0.6 is 0 Å². The lowest BCUT2D eigenvalue weighted by Gasteiger charge is -2.37. The number of likely N-dealkylation sites (tertiary alicyclic amines) is 1. The number of piperidine rings is 2. The van der Waals surface area contributed by atoms with Gasteiger partial charge in [0.05, 0.1) is 0 Å². The van der Waals surface area contributed by atoms with E-state index in [1.165, 1.54) is 51.7 Å². The molecule has 0 bridgehead atoms. The van der Waals surface area contributed by atoms with Crippen LogP contribution in [0.4, 0.5) is 0 Å². The van der Waals surface area contributed by atoms with Gasteiger partial charge in [0.15, 0.2) is 0 Å². The van der Waals surface area contributed by atoms with Crippen molar-refractivity contribution in [3.8, 4) is 0 Å². The summed E-state index contributed by atoms with van der Waals surface area (Å²) in [5, 5.41) is 3.75. The molecule has 2 heteroatoms. The highest BCUT2D eigenvalue weighted by molar-refractivity contribution is 4.84. The number of nitrogens with zero attached hydrogens (tertiary/aromatic N) is 1. The second-order valence-corrected chi connectivity index (χ2v) is 5.70. The Morgan fingerprint density at radius 2 is 1.80 bits per heavy atom. The number of hydrogen-bond donors (Lipinski definition) is 1. The number of rotatable bonds is 2. The van der Waals surface area contributed by atoms with E-state index in [0.717, 1.165) is 18.0 Å². The van der Waals surface area contributed by atoms with Gasteiger partial charge in [-0.1, -0.05) is 13.3 Å². The molecule has 0 aromatic rings. The van der Waals surface area contributed by atoms with E-state index in [0.29, 0.717) is 0 Å². The second-order valence-electron chi connectivity index (χ2n) is 5.70. The molecule has 0 aromatic heterocycles. The van der Waals surface area contributed by atoms with Crippen LogP contribution in [0.1, 0.15) is 46.0 Å². The maximum absolute atomic E-state index is 3.75. The third-order valence-electron chi connectivity index (χ3n) is 3.89. The van der Waals surface area contributed by atoms with Crippen molar-refractivity contribution in [2.24, 2.45) is 5.92 Å². The van der Waals surface area contributed by atoms with Gasteiger partial charge in [-0.05, 0) is 51.6 Å². The zero-order valence-corrected chi connectivity index (χ0v) is 10.3. The lowest BCUT2D eigenvalue weighted by Crippen LogP contribution is -2.50. The average Bonchev–Trinajstić information content (AvgIpc) is 2.17. The van der Waals surface area contributed by atoms with Gasteiger partial charge >= 0.3 is 0 Å².